The maximum Gasteiger partial charge on any atom is 0.253 e. The van der Waals surface area contributed by atoms with Crippen LogP contribution in [-0.4, -0.2) is 21.6 Å². The molecule has 0 aliphatic carbocycles. The predicted molar refractivity (Wildman–Crippen MR) is 92.6 cm³/mol. The number of halogens is 1. The number of hydrogen-bond donors (Lipinski definition) is 2. The summed E-state index contributed by atoms with van der Waals surface area (Å²) in [6, 6.07) is 5.97. The van der Waals surface area contributed by atoms with Gasteiger partial charge in [0.15, 0.2) is 0 Å². The lowest BCUT2D eigenvalue weighted by Crippen LogP contribution is -2.37. The van der Waals surface area contributed by atoms with E-state index in [9.17, 15) is 14.0 Å². The Hall–Kier alpha value is -3.61. The highest BCUT2D eigenvalue weighted by Gasteiger charge is 2.23. The lowest BCUT2D eigenvalue weighted by molar-refractivity contribution is -0.118. The van der Waals surface area contributed by atoms with Gasteiger partial charge < -0.3 is 20.4 Å². The molecule has 0 spiro atoms. The zero-order chi connectivity index (χ0) is 18.1. The number of carbonyl (C=O) groups excluding carboxylic acids is 2. The summed E-state index contributed by atoms with van der Waals surface area (Å²) in [6.07, 6.45) is 12.0. The molecule has 4 rings (SSSR count). The number of nitrogens with zero attached hydrogens (tertiary/aromatic N) is 2. The fourth-order valence-electron chi connectivity index (χ4n) is 2.72. The summed E-state index contributed by atoms with van der Waals surface area (Å²) in [5.41, 5.74) is 2.16. The van der Waals surface area contributed by atoms with Crippen LogP contribution in [0.3, 0.4) is 0 Å². The summed E-state index contributed by atoms with van der Waals surface area (Å²) < 4.78 is 12.9. The van der Waals surface area contributed by atoms with Crippen LogP contribution in [0.1, 0.15) is 5.56 Å². The number of rotatable bonds is 3. The van der Waals surface area contributed by atoms with Crippen LogP contribution in [0.15, 0.2) is 84.4 Å². The van der Waals surface area contributed by atoms with Crippen LogP contribution in [0.5, 0.6) is 0 Å². The molecule has 0 aromatic heterocycles. The number of hydrogen-bond acceptors (Lipinski definition) is 4. The monoisotopic (exact) mass is 350 g/mol. The Kier molecular flexibility index (Phi) is 3.89. The summed E-state index contributed by atoms with van der Waals surface area (Å²) in [5.74, 6) is -0.135. The second-order valence-corrected chi connectivity index (χ2v) is 5.91. The SMILES string of the molecule is O=C1C=CN2C=C3C=CC(C(=O)NCc4ccc(F)cc4)=CN3C=C2N1. The first-order valence-corrected chi connectivity index (χ1v) is 8.00. The Morgan fingerprint density at radius 1 is 1.04 bits per heavy atom. The van der Waals surface area contributed by atoms with Crippen LogP contribution in [0, 0.1) is 5.82 Å². The van der Waals surface area contributed by atoms with Gasteiger partial charge in [-0.25, -0.2) is 4.39 Å². The minimum atomic E-state index is -0.311. The molecule has 6 nitrogen and oxygen atoms in total. The fraction of sp³-hybridized carbons (Fsp3) is 0.0526. The van der Waals surface area contributed by atoms with Gasteiger partial charge in [-0.05, 0) is 29.8 Å². The van der Waals surface area contributed by atoms with Gasteiger partial charge >= 0.3 is 0 Å². The highest BCUT2D eigenvalue weighted by molar-refractivity contribution is 5.96. The van der Waals surface area contributed by atoms with Crippen LogP contribution in [-0.2, 0) is 16.1 Å². The molecule has 7 heteroatoms. The van der Waals surface area contributed by atoms with E-state index < -0.39 is 0 Å². The van der Waals surface area contributed by atoms with E-state index in [1.54, 1.807) is 46.6 Å². The smallest absolute Gasteiger partial charge is 0.253 e. The van der Waals surface area contributed by atoms with E-state index in [-0.39, 0.29) is 17.6 Å². The number of allylic oxidation sites excluding steroid dienone is 1. The van der Waals surface area contributed by atoms with Gasteiger partial charge in [0.05, 0.1) is 17.5 Å². The van der Waals surface area contributed by atoms with Crippen LogP contribution in [0.25, 0.3) is 0 Å². The molecule has 0 fully saturated rings. The third-order valence-corrected chi connectivity index (χ3v) is 4.09. The molecule has 1 aromatic rings. The molecule has 130 valence electrons. The van der Waals surface area contributed by atoms with Crippen molar-refractivity contribution in [1.29, 1.82) is 0 Å². The molecule has 0 atom stereocenters. The molecular formula is C19H15FN4O2. The van der Waals surface area contributed by atoms with E-state index in [2.05, 4.69) is 10.6 Å². The van der Waals surface area contributed by atoms with Crippen molar-refractivity contribution in [2.45, 2.75) is 6.54 Å². The molecule has 3 heterocycles. The second kappa shape index (κ2) is 6.36. The average Bonchev–Trinajstić information content (AvgIpc) is 2.65. The Labute approximate surface area is 149 Å². The lowest BCUT2D eigenvalue weighted by atomic mass is 10.1. The first kappa shape index (κ1) is 15.9. The molecular weight excluding hydrogens is 335 g/mol. The number of carbonyl (C=O) groups is 2. The van der Waals surface area contributed by atoms with Crippen molar-refractivity contribution in [1.82, 2.24) is 20.4 Å². The van der Waals surface area contributed by atoms with Crippen molar-refractivity contribution >= 4 is 11.8 Å². The van der Waals surface area contributed by atoms with Gasteiger partial charge in [0.2, 0.25) is 0 Å². The Morgan fingerprint density at radius 3 is 2.65 bits per heavy atom. The van der Waals surface area contributed by atoms with Crippen molar-refractivity contribution in [2.75, 3.05) is 0 Å². The van der Waals surface area contributed by atoms with Crippen LogP contribution >= 0.6 is 0 Å². The quantitative estimate of drug-likeness (QED) is 0.873. The number of amides is 2. The van der Waals surface area contributed by atoms with Crippen molar-refractivity contribution in [3.8, 4) is 0 Å². The van der Waals surface area contributed by atoms with Gasteiger partial charge in [0.25, 0.3) is 11.8 Å². The van der Waals surface area contributed by atoms with Crippen molar-refractivity contribution in [3.05, 3.63) is 95.8 Å². The second-order valence-electron chi connectivity index (χ2n) is 5.91. The number of benzene rings is 1. The molecule has 3 aliphatic heterocycles. The van der Waals surface area contributed by atoms with Gasteiger partial charge in [0.1, 0.15) is 11.6 Å². The molecule has 1 aromatic carbocycles. The van der Waals surface area contributed by atoms with Gasteiger partial charge in [-0.3, -0.25) is 9.59 Å². The minimum absolute atomic E-state index is 0.196. The van der Waals surface area contributed by atoms with Crippen molar-refractivity contribution in [2.24, 2.45) is 0 Å². The Balaban J connectivity index is 1.46. The van der Waals surface area contributed by atoms with E-state index >= 15 is 0 Å². The van der Waals surface area contributed by atoms with Gasteiger partial charge in [0, 0.05) is 31.2 Å². The van der Waals surface area contributed by atoms with E-state index in [0.717, 1.165) is 11.3 Å². The molecule has 0 bridgehead atoms. The fourth-order valence-corrected chi connectivity index (χ4v) is 2.72. The number of fused-ring (bicyclic) bond motifs is 2. The molecule has 0 saturated heterocycles. The first-order chi connectivity index (χ1) is 12.6. The minimum Gasteiger partial charge on any atom is -0.348 e. The van der Waals surface area contributed by atoms with E-state index in [0.29, 0.717) is 17.9 Å². The maximum atomic E-state index is 12.9. The number of nitrogens with one attached hydrogen (secondary N) is 2. The first-order valence-electron chi connectivity index (χ1n) is 8.00. The summed E-state index contributed by atoms with van der Waals surface area (Å²) in [4.78, 5) is 27.4. The predicted octanol–water partition coefficient (Wildman–Crippen LogP) is 1.80. The molecule has 3 aliphatic rings. The third-order valence-electron chi connectivity index (χ3n) is 4.09. The molecule has 26 heavy (non-hydrogen) atoms. The van der Waals surface area contributed by atoms with Crippen LogP contribution < -0.4 is 10.6 Å². The molecule has 0 saturated carbocycles. The topological polar surface area (TPSA) is 64.7 Å². The molecule has 2 amide bonds. The summed E-state index contributed by atoms with van der Waals surface area (Å²) in [6.45, 7) is 0.308. The largest absolute Gasteiger partial charge is 0.348 e. The van der Waals surface area contributed by atoms with Gasteiger partial charge in [-0.15, -0.1) is 0 Å². The third kappa shape index (κ3) is 3.14. The van der Waals surface area contributed by atoms with Crippen LogP contribution in [0.4, 0.5) is 4.39 Å². The average molecular weight is 350 g/mol. The van der Waals surface area contributed by atoms with Crippen molar-refractivity contribution in [3.63, 3.8) is 0 Å². The van der Waals surface area contributed by atoms with Crippen molar-refractivity contribution < 1.29 is 14.0 Å². The normalized spacial score (nSPS) is 17.6. The summed E-state index contributed by atoms with van der Waals surface area (Å²) >= 11 is 0. The maximum absolute atomic E-state index is 12.9. The van der Waals surface area contributed by atoms with E-state index in [1.807, 2.05) is 12.3 Å². The zero-order valence-electron chi connectivity index (χ0n) is 13.6. The van der Waals surface area contributed by atoms with E-state index in [1.165, 1.54) is 18.2 Å². The molecule has 0 radical (unpaired) electrons. The standard InChI is InChI=1S/C19H15FN4O2/c20-15-4-1-13(2-5-15)9-21-19(26)14-3-6-16-11-23-8-7-18(25)22-17(23)12-24(16)10-14/h1-8,10-12H,9H2,(H,21,26)(H,22,25). The van der Waals surface area contributed by atoms with E-state index in [4.69, 9.17) is 0 Å². The lowest BCUT2D eigenvalue weighted by Gasteiger charge is -2.33. The molecule has 2 N–H and O–H groups in total. The van der Waals surface area contributed by atoms with Crippen LogP contribution in [0.2, 0.25) is 0 Å². The van der Waals surface area contributed by atoms with Gasteiger partial charge in [-0.1, -0.05) is 12.1 Å². The zero-order valence-corrected chi connectivity index (χ0v) is 13.6. The Morgan fingerprint density at radius 2 is 1.85 bits per heavy atom. The molecule has 0 unspecified atom stereocenters. The van der Waals surface area contributed by atoms with Gasteiger partial charge in [-0.2, -0.15) is 0 Å². The summed E-state index contributed by atoms with van der Waals surface area (Å²) in [5, 5.41) is 5.55. The summed E-state index contributed by atoms with van der Waals surface area (Å²) in [7, 11) is 0. The Bertz CT molecular complexity index is 925. The highest BCUT2D eigenvalue weighted by Crippen LogP contribution is 2.25. The highest BCUT2D eigenvalue weighted by atomic mass is 19.1.